The molecule has 2 aromatic rings. The van der Waals surface area contributed by atoms with Crippen molar-refractivity contribution in [3.05, 3.63) is 59.4 Å². The smallest absolute Gasteiger partial charge is 0.227 e. The van der Waals surface area contributed by atoms with Gasteiger partial charge in [-0.15, -0.1) is 0 Å². The van der Waals surface area contributed by atoms with Crippen molar-refractivity contribution in [1.82, 2.24) is 10.3 Å². The van der Waals surface area contributed by atoms with Crippen LogP contribution in [0.15, 0.2) is 42.6 Å². The van der Waals surface area contributed by atoms with Gasteiger partial charge in [-0.2, -0.15) is 0 Å². The molecular formula is C19H21N3O2. The molecule has 5 heteroatoms. The average molecular weight is 323 g/mol. The predicted octanol–water partition coefficient (Wildman–Crippen LogP) is 2.37. The van der Waals surface area contributed by atoms with Crippen molar-refractivity contribution in [3.63, 3.8) is 0 Å². The molecule has 24 heavy (non-hydrogen) atoms. The van der Waals surface area contributed by atoms with Crippen LogP contribution in [-0.2, 0) is 16.1 Å². The molecule has 2 amide bonds. The van der Waals surface area contributed by atoms with E-state index < -0.39 is 0 Å². The van der Waals surface area contributed by atoms with Gasteiger partial charge in [0.15, 0.2) is 0 Å². The number of amides is 2. The van der Waals surface area contributed by atoms with E-state index in [2.05, 4.69) is 10.3 Å². The quantitative estimate of drug-likeness (QED) is 0.939. The third kappa shape index (κ3) is 3.30. The number of rotatable bonds is 4. The fourth-order valence-electron chi connectivity index (χ4n) is 2.97. The molecule has 1 saturated heterocycles. The van der Waals surface area contributed by atoms with Crippen LogP contribution in [0.5, 0.6) is 0 Å². The van der Waals surface area contributed by atoms with E-state index in [1.54, 1.807) is 11.1 Å². The number of carbonyl (C=O) groups is 2. The Morgan fingerprint density at radius 1 is 1.25 bits per heavy atom. The molecule has 1 fully saturated rings. The van der Waals surface area contributed by atoms with E-state index >= 15 is 0 Å². The molecule has 0 radical (unpaired) electrons. The number of nitrogens with one attached hydrogen (secondary N) is 1. The van der Waals surface area contributed by atoms with Crippen molar-refractivity contribution in [2.45, 2.75) is 26.8 Å². The van der Waals surface area contributed by atoms with Crippen molar-refractivity contribution in [2.75, 3.05) is 11.4 Å². The van der Waals surface area contributed by atoms with E-state index in [9.17, 15) is 9.59 Å². The van der Waals surface area contributed by atoms with Gasteiger partial charge in [0.2, 0.25) is 11.8 Å². The van der Waals surface area contributed by atoms with E-state index in [4.69, 9.17) is 0 Å². The fraction of sp³-hybridized carbons (Fsp3) is 0.316. The lowest BCUT2D eigenvalue weighted by atomic mass is 10.1. The SMILES string of the molecule is Cc1cccc(N2C[C@@H](C(=O)NCc3ccccn3)CC2=O)c1C. The third-order valence-corrected chi connectivity index (χ3v) is 4.53. The van der Waals surface area contributed by atoms with Gasteiger partial charge in [0.05, 0.1) is 18.2 Å². The first-order valence-electron chi connectivity index (χ1n) is 8.10. The molecule has 0 saturated carbocycles. The summed E-state index contributed by atoms with van der Waals surface area (Å²) >= 11 is 0. The van der Waals surface area contributed by atoms with Crippen LogP contribution in [0, 0.1) is 19.8 Å². The highest BCUT2D eigenvalue weighted by Gasteiger charge is 2.35. The van der Waals surface area contributed by atoms with Gasteiger partial charge in [0.1, 0.15) is 0 Å². The molecule has 124 valence electrons. The number of carbonyl (C=O) groups excluding carboxylic acids is 2. The standard InChI is InChI=1S/C19H21N3O2/c1-13-6-5-8-17(14(13)2)22-12-15(10-18(22)23)19(24)21-11-16-7-3-4-9-20-16/h3-9,15H,10-12H2,1-2H3,(H,21,24)/t15-/m0/s1. The summed E-state index contributed by atoms with van der Waals surface area (Å²) in [6.07, 6.45) is 1.95. The Labute approximate surface area is 141 Å². The Balaban J connectivity index is 1.66. The van der Waals surface area contributed by atoms with Crippen LogP contribution in [0.25, 0.3) is 0 Å². The minimum atomic E-state index is -0.318. The summed E-state index contributed by atoms with van der Waals surface area (Å²) in [7, 11) is 0. The van der Waals surface area contributed by atoms with E-state index in [0.29, 0.717) is 13.1 Å². The Hall–Kier alpha value is -2.69. The minimum absolute atomic E-state index is 0.00156. The Bertz CT molecular complexity index is 758. The number of nitrogens with zero attached hydrogens (tertiary/aromatic N) is 2. The monoisotopic (exact) mass is 323 g/mol. The minimum Gasteiger partial charge on any atom is -0.350 e. The third-order valence-electron chi connectivity index (χ3n) is 4.53. The van der Waals surface area contributed by atoms with Gasteiger partial charge in [-0.05, 0) is 43.2 Å². The second kappa shape index (κ2) is 6.83. The number of hydrogen-bond donors (Lipinski definition) is 1. The maximum atomic E-state index is 12.4. The molecule has 1 aliphatic rings. The number of pyridine rings is 1. The summed E-state index contributed by atoms with van der Waals surface area (Å²) < 4.78 is 0. The molecule has 3 rings (SSSR count). The van der Waals surface area contributed by atoms with Crippen LogP contribution >= 0.6 is 0 Å². The lowest BCUT2D eigenvalue weighted by molar-refractivity contribution is -0.126. The van der Waals surface area contributed by atoms with Gasteiger partial charge < -0.3 is 10.2 Å². The van der Waals surface area contributed by atoms with Gasteiger partial charge in [-0.25, -0.2) is 0 Å². The second-order valence-electron chi connectivity index (χ2n) is 6.16. The van der Waals surface area contributed by atoms with Crippen LogP contribution in [-0.4, -0.2) is 23.3 Å². The van der Waals surface area contributed by atoms with E-state index in [1.807, 2.05) is 50.2 Å². The molecule has 0 unspecified atom stereocenters. The highest BCUT2D eigenvalue weighted by atomic mass is 16.2. The number of benzene rings is 1. The predicted molar refractivity (Wildman–Crippen MR) is 92.5 cm³/mol. The first-order chi connectivity index (χ1) is 11.6. The first-order valence-corrected chi connectivity index (χ1v) is 8.10. The maximum absolute atomic E-state index is 12.4. The molecule has 1 N–H and O–H groups in total. The van der Waals surface area contributed by atoms with Gasteiger partial charge in [-0.3, -0.25) is 14.6 Å². The van der Waals surface area contributed by atoms with Crippen LogP contribution in [0.1, 0.15) is 23.2 Å². The van der Waals surface area contributed by atoms with E-state index in [1.165, 1.54) is 0 Å². The number of anilines is 1. The van der Waals surface area contributed by atoms with Crippen LogP contribution in [0.2, 0.25) is 0 Å². The van der Waals surface area contributed by atoms with Crippen molar-refractivity contribution in [3.8, 4) is 0 Å². The highest BCUT2D eigenvalue weighted by Crippen LogP contribution is 2.29. The molecule has 1 aromatic carbocycles. The van der Waals surface area contributed by atoms with Crippen LogP contribution in [0.3, 0.4) is 0 Å². The lowest BCUT2D eigenvalue weighted by Crippen LogP contribution is -2.33. The summed E-state index contributed by atoms with van der Waals surface area (Å²) in [4.78, 5) is 30.6. The summed E-state index contributed by atoms with van der Waals surface area (Å²) in [5.41, 5.74) is 3.94. The van der Waals surface area contributed by atoms with Crippen molar-refractivity contribution in [2.24, 2.45) is 5.92 Å². The Morgan fingerprint density at radius 2 is 2.08 bits per heavy atom. The van der Waals surface area contributed by atoms with Crippen molar-refractivity contribution in [1.29, 1.82) is 0 Å². The Kier molecular flexibility index (Phi) is 4.60. The summed E-state index contributed by atoms with van der Waals surface area (Å²) in [6.45, 7) is 4.84. The Morgan fingerprint density at radius 3 is 2.83 bits per heavy atom. The van der Waals surface area contributed by atoms with E-state index in [-0.39, 0.29) is 24.2 Å². The maximum Gasteiger partial charge on any atom is 0.227 e. The van der Waals surface area contributed by atoms with Crippen LogP contribution < -0.4 is 10.2 Å². The van der Waals surface area contributed by atoms with Crippen molar-refractivity contribution >= 4 is 17.5 Å². The topological polar surface area (TPSA) is 62.3 Å². The summed E-state index contributed by atoms with van der Waals surface area (Å²) in [6, 6.07) is 11.5. The average Bonchev–Trinajstić information content (AvgIpc) is 2.98. The molecule has 1 aromatic heterocycles. The molecule has 0 aliphatic carbocycles. The highest BCUT2D eigenvalue weighted by molar-refractivity contribution is 6.00. The molecule has 1 atom stereocenters. The lowest BCUT2D eigenvalue weighted by Gasteiger charge is -2.20. The first kappa shape index (κ1) is 16.2. The number of aromatic nitrogens is 1. The molecule has 2 heterocycles. The molecule has 1 aliphatic heterocycles. The molecule has 0 spiro atoms. The zero-order valence-electron chi connectivity index (χ0n) is 14.0. The van der Waals surface area contributed by atoms with Gasteiger partial charge in [-0.1, -0.05) is 18.2 Å². The van der Waals surface area contributed by atoms with E-state index in [0.717, 1.165) is 22.5 Å². The fourth-order valence-corrected chi connectivity index (χ4v) is 2.97. The van der Waals surface area contributed by atoms with Gasteiger partial charge in [0.25, 0.3) is 0 Å². The van der Waals surface area contributed by atoms with Gasteiger partial charge in [0, 0.05) is 24.8 Å². The number of aryl methyl sites for hydroxylation is 1. The second-order valence-corrected chi connectivity index (χ2v) is 6.16. The van der Waals surface area contributed by atoms with Crippen molar-refractivity contribution < 1.29 is 9.59 Å². The number of hydrogen-bond acceptors (Lipinski definition) is 3. The van der Waals surface area contributed by atoms with Gasteiger partial charge >= 0.3 is 0 Å². The molecule has 5 nitrogen and oxygen atoms in total. The summed E-state index contributed by atoms with van der Waals surface area (Å²) in [5.74, 6) is -0.412. The zero-order valence-corrected chi connectivity index (χ0v) is 14.0. The molecule has 0 bridgehead atoms. The van der Waals surface area contributed by atoms with Crippen LogP contribution in [0.4, 0.5) is 5.69 Å². The molecular weight excluding hydrogens is 302 g/mol. The largest absolute Gasteiger partial charge is 0.350 e. The summed E-state index contributed by atoms with van der Waals surface area (Å²) in [5, 5.41) is 2.88. The normalized spacial score (nSPS) is 17.2. The zero-order chi connectivity index (χ0) is 17.1.